The summed E-state index contributed by atoms with van der Waals surface area (Å²) in [6, 6.07) is 3.48. The van der Waals surface area contributed by atoms with Crippen LogP contribution in [0.5, 0.6) is 5.75 Å². The van der Waals surface area contributed by atoms with Gasteiger partial charge in [0.15, 0.2) is 11.4 Å². The lowest BCUT2D eigenvalue weighted by Gasteiger charge is -2.46. The van der Waals surface area contributed by atoms with Crippen molar-refractivity contribution in [3.63, 3.8) is 0 Å². The third-order valence-electron chi connectivity index (χ3n) is 8.32. The molecule has 0 aromatic heterocycles. The second-order valence-corrected chi connectivity index (χ2v) is 10.5. The molecule has 0 aliphatic heterocycles. The van der Waals surface area contributed by atoms with Gasteiger partial charge < -0.3 is 31.5 Å². The lowest BCUT2D eigenvalue weighted by Crippen LogP contribution is -2.58. The Morgan fingerprint density at radius 3 is 2.43 bits per heavy atom. The molecule has 1 amide bonds. The number of phenolic OH excluding ortho intramolecular Hbond substituents is 1. The number of rotatable bonds is 3. The van der Waals surface area contributed by atoms with E-state index in [1.165, 1.54) is 6.07 Å². The first-order valence-electron chi connectivity index (χ1n) is 12.1. The third-order valence-corrected chi connectivity index (χ3v) is 8.32. The van der Waals surface area contributed by atoms with Crippen LogP contribution < -0.4 is 11.1 Å². The average Bonchev–Trinajstić information content (AvgIpc) is 2.79. The van der Waals surface area contributed by atoms with Gasteiger partial charge in [-0.25, -0.2) is 0 Å². The average molecular weight is 483 g/mol. The fourth-order valence-corrected chi connectivity index (χ4v) is 6.38. The summed E-state index contributed by atoms with van der Waals surface area (Å²) in [5.74, 6) is -5.49. The number of carbonyl (C=O) groups is 3. The third kappa shape index (κ3) is 3.43. The van der Waals surface area contributed by atoms with E-state index in [0.717, 1.165) is 31.4 Å². The van der Waals surface area contributed by atoms with Gasteiger partial charge in [-0.1, -0.05) is 6.92 Å². The van der Waals surface area contributed by atoms with Crippen LogP contribution in [0.25, 0.3) is 5.76 Å². The maximum atomic E-state index is 13.5. The SMILES string of the molecule is CC1CCC(Nc2ccc(O)c3c2C[C@H]2C[C@H]4CC(=O)C(C(N)=O)=C(O)[C@@]4(O)C(=O)C2=C3O)CC1. The predicted octanol–water partition coefficient (Wildman–Crippen LogP) is 2.41. The number of primary amides is 1. The van der Waals surface area contributed by atoms with Gasteiger partial charge in [-0.2, -0.15) is 0 Å². The Morgan fingerprint density at radius 2 is 1.77 bits per heavy atom. The van der Waals surface area contributed by atoms with E-state index in [-0.39, 0.29) is 35.8 Å². The molecule has 9 heteroatoms. The molecule has 0 radical (unpaired) electrons. The van der Waals surface area contributed by atoms with Crippen molar-refractivity contribution >= 4 is 28.9 Å². The van der Waals surface area contributed by atoms with Crippen LogP contribution >= 0.6 is 0 Å². The zero-order valence-electron chi connectivity index (χ0n) is 19.5. The molecule has 1 aromatic rings. The molecule has 4 aliphatic carbocycles. The summed E-state index contributed by atoms with van der Waals surface area (Å²) in [5.41, 5.74) is 3.32. The number of benzene rings is 1. The first-order valence-corrected chi connectivity index (χ1v) is 12.1. The Balaban J connectivity index is 1.58. The smallest absolute Gasteiger partial charge is 0.255 e. The molecule has 1 aromatic carbocycles. The van der Waals surface area contributed by atoms with E-state index >= 15 is 0 Å². The summed E-state index contributed by atoms with van der Waals surface area (Å²) in [6.45, 7) is 2.24. The molecule has 9 nitrogen and oxygen atoms in total. The minimum Gasteiger partial charge on any atom is -0.508 e. The number of nitrogens with one attached hydrogen (secondary N) is 1. The van der Waals surface area contributed by atoms with Crippen LogP contribution in [0.3, 0.4) is 0 Å². The van der Waals surface area contributed by atoms with Gasteiger partial charge in [0.2, 0.25) is 5.78 Å². The standard InChI is InChI=1S/C26H30N2O7/c1-11-2-4-14(5-3-11)28-16-6-7-17(29)20-15(16)9-12-8-13-10-18(30)21(25(27)34)24(33)26(13,35)23(32)19(12)22(20)31/h6-7,11-14,28-29,31,33,35H,2-5,8-10H2,1H3,(H2,27,34)/t11?,12-,13+,14?,26+/m1/s1. The second kappa shape index (κ2) is 8.12. The minimum atomic E-state index is -2.54. The fraction of sp³-hybridized carbons (Fsp3) is 0.500. The molecule has 0 heterocycles. The molecule has 2 fully saturated rings. The number of hydrogen-bond acceptors (Lipinski definition) is 8. The van der Waals surface area contributed by atoms with Crippen LogP contribution in [-0.4, -0.2) is 49.5 Å². The maximum absolute atomic E-state index is 13.5. The summed E-state index contributed by atoms with van der Waals surface area (Å²) in [5, 5.41) is 47.3. The highest BCUT2D eigenvalue weighted by atomic mass is 16.3. The Bertz CT molecular complexity index is 1210. The number of carbonyl (C=O) groups excluding carboxylic acids is 3. The summed E-state index contributed by atoms with van der Waals surface area (Å²) >= 11 is 0. The van der Waals surface area contributed by atoms with Gasteiger partial charge in [0.25, 0.3) is 5.91 Å². The molecule has 0 unspecified atom stereocenters. The van der Waals surface area contributed by atoms with E-state index in [4.69, 9.17) is 5.73 Å². The van der Waals surface area contributed by atoms with Crippen LogP contribution in [0.15, 0.2) is 29.0 Å². The van der Waals surface area contributed by atoms with Crippen molar-refractivity contribution in [2.24, 2.45) is 23.5 Å². The van der Waals surface area contributed by atoms with Crippen molar-refractivity contribution in [1.29, 1.82) is 0 Å². The van der Waals surface area contributed by atoms with E-state index in [2.05, 4.69) is 12.2 Å². The van der Waals surface area contributed by atoms with Crippen molar-refractivity contribution in [3.8, 4) is 5.75 Å². The fourth-order valence-electron chi connectivity index (χ4n) is 6.38. The van der Waals surface area contributed by atoms with Crippen molar-refractivity contribution in [2.75, 3.05) is 5.32 Å². The molecule has 0 bridgehead atoms. The van der Waals surface area contributed by atoms with Crippen LogP contribution in [0.4, 0.5) is 5.69 Å². The molecule has 35 heavy (non-hydrogen) atoms. The van der Waals surface area contributed by atoms with E-state index < -0.39 is 52.0 Å². The van der Waals surface area contributed by atoms with Crippen molar-refractivity contribution in [2.45, 2.75) is 63.5 Å². The number of fused-ring (bicyclic) bond motifs is 3. The highest BCUT2D eigenvalue weighted by Gasteiger charge is 2.60. The molecule has 5 rings (SSSR count). The lowest BCUT2D eigenvalue weighted by atomic mass is 9.59. The van der Waals surface area contributed by atoms with Crippen molar-refractivity contribution in [3.05, 3.63) is 40.2 Å². The minimum absolute atomic E-state index is 0.117. The number of Topliss-reactive ketones (excluding diaryl/α,β-unsaturated/α-hetero) is 2. The van der Waals surface area contributed by atoms with Crippen LogP contribution in [0, 0.1) is 17.8 Å². The summed E-state index contributed by atoms with van der Waals surface area (Å²) in [7, 11) is 0. The number of phenols is 1. The number of hydrogen-bond donors (Lipinski definition) is 6. The molecular formula is C26H30N2O7. The first-order chi connectivity index (χ1) is 16.5. The normalized spacial score (nSPS) is 32.6. The van der Waals surface area contributed by atoms with Gasteiger partial charge in [0, 0.05) is 29.6 Å². The Hall–Kier alpha value is -3.33. The van der Waals surface area contributed by atoms with E-state index in [9.17, 15) is 34.8 Å². The maximum Gasteiger partial charge on any atom is 0.255 e. The van der Waals surface area contributed by atoms with E-state index in [0.29, 0.717) is 17.9 Å². The van der Waals surface area contributed by atoms with Crippen molar-refractivity contribution in [1.82, 2.24) is 0 Å². The zero-order valence-corrected chi connectivity index (χ0v) is 19.5. The molecule has 186 valence electrons. The molecule has 4 aliphatic rings. The quantitative estimate of drug-likeness (QED) is 0.282. The highest BCUT2D eigenvalue weighted by molar-refractivity contribution is 6.22. The van der Waals surface area contributed by atoms with Gasteiger partial charge in [-0.15, -0.1) is 0 Å². The number of aromatic hydroxyl groups is 1. The molecular weight excluding hydrogens is 452 g/mol. The molecule has 0 spiro atoms. The Morgan fingerprint density at radius 1 is 1.09 bits per heavy atom. The lowest BCUT2D eigenvalue weighted by molar-refractivity contribution is -0.147. The summed E-state index contributed by atoms with van der Waals surface area (Å²) < 4.78 is 0. The number of nitrogens with two attached hydrogens (primary N) is 1. The summed E-state index contributed by atoms with van der Waals surface area (Å²) in [4.78, 5) is 37.7. The number of anilines is 1. The van der Waals surface area contributed by atoms with E-state index in [1.54, 1.807) is 6.07 Å². The number of amides is 1. The Kier molecular flexibility index (Phi) is 5.43. The van der Waals surface area contributed by atoms with Crippen LogP contribution in [0.2, 0.25) is 0 Å². The van der Waals surface area contributed by atoms with Gasteiger partial charge in [0.05, 0.1) is 5.56 Å². The first kappa shape index (κ1) is 23.4. The molecule has 2 saturated carbocycles. The van der Waals surface area contributed by atoms with Gasteiger partial charge in [-0.05, 0) is 68.1 Å². The monoisotopic (exact) mass is 482 g/mol. The van der Waals surface area contributed by atoms with Gasteiger partial charge in [-0.3, -0.25) is 14.4 Å². The van der Waals surface area contributed by atoms with E-state index in [1.807, 2.05) is 0 Å². The number of ketones is 2. The van der Waals surface area contributed by atoms with Gasteiger partial charge >= 0.3 is 0 Å². The Labute approximate surface area is 202 Å². The largest absolute Gasteiger partial charge is 0.508 e. The van der Waals surface area contributed by atoms with Gasteiger partial charge in [0.1, 0.15) is 22.8 Å². The van der Waals surface area contributed by atoms with Crippen molar-refractivity contribution < 1.29 is 34.8 Å². The topological polar surface area (TPSA) is 170 Å². The zero-order chi connectivity index (χ0) is 25.2. The predicted molar refractivity (Wildman–Crippen MR) is 126 cm³/mol. The number of aliphatic hydroxyl groups excluding tert-OH is 2. The van der Waals surface area contributed by atoms with Crippen LogP contribution in [0.1, 0.15) is 56.6 Å². The summed E-state index contributed by atoms with van der Waals surface area (Å²) in [6.07, 6.45) is 4.35. The highest BCUT2D eigenvalue weighted by Crippen LogP contribution is 2.52. The second-order valence-electron chi connectivity index (χ2n) is 10.5. The van der Waals surface area contributed by atoms with Crippen LogP contribution in [-0.2, 0) is 20.8 Å². The molecule has 0 saturated heterocycles. The number of aliphatic hydroxyl groups is 3. The molecule has 3 atom stereocenters. The molecule has 7 N–H and O–H groups in total.